The maximum Gasteiger partial charge on any atom is 0.323 e. The Labute approximate surface area is 132 Å². The van der Waals surface area contributed by atoms with Crippen LogP contribution >= 0.6 is 22.6 Å². The summed E-state index contributed by atoms with van der Waals surface area (Å²) in [4.78, 5) is 21.8. The molecular weight excluding hydrogens is 392 g/mol. The first-order chi connectivity index (χ1) is 9.95. The average molecular weight is 401 g/mol. The highest BCUT2D eigenvalue weighted by Crippen LogP contribution is 2.20. The topological polar surface area (TPSA) is 84.3 Å². The van der Waals surface area contributed by atoms with Crippen molar-refractivity contribution in [2.45, 2.75) is 0 Å². The van der Waals surface area contributed by atoms with E-state index in [9.17, 15) is 19.3 Å². The molecule has 0 aromatic heterocycles. The van der Waals surface area contributed by atoms with Crippen molar-refractivity contribution in [3.05, 3.63) is 62.0 Å². The van der Waals surface area contributed by atoms with Gasteiger partial charge >= 0.3 is 6.03 Å². The lowest BCUT2D eigenvalue weighted by molar-refractivity contribution is -0.384. The van der Waals surface area contributed by atoms with Crippen molar-refractivity contribution < 1.29 is 14.1 Å². The molecule has 0 heterocycles. The second kappa shape index (κ2) is 6.48. The van der Waals surface area contributed by atoms with Crippen LogP contribution in [0.3, 0.4) is 0 Å². The minimum atomic E-state index is -0.523. The van der Waals surface area contributed by atoms with Gasteiger partial charge in [-0.3, -0.25) is 10.1 Å². The van der Waals surface area contributed by atoms with Crippen molar-refractivity contribution in [2.75, 3.05) is 10.6 Å². The van der Waals surface area contributed by atoms with Crippen molar-refractivity contribution in [2.24, 2.45) is 0 Å². The van der Waals surface area contributed by atoms with E-state index in [4.69, 9.17) is 0 Å². The van der Waals surface area contributed by atoms with Crippen LogP contribution in [-0.2, 0) is 0 Å². The highest BCUT2D eigenvalue weighted by molar-refractivity contribution is 14.1. The van der Waals surface area contributed by atoms with Crippen LogP contribution in [0.5, 0.6) is 0 Å². The Bertz CT molecular complexity index is 692. The molecule has 0 saturated heterocycles. The molecule has 0 radical (unpaired) electrons. The molecule has 8 heteroatoms. The maximum atomic E-state index is 12.9. The van der Waals surface area contributed by atoms with Gasteiger partial charge in [0.15, 0.2) is 0 Å². The molecule has 0 saturated carbocycles. The zero-order valence-corrected chi connectivity index (χ0v) is 12.6. The SMILES string of the molecule is O=C(Nc1ccc([N+](=O)[O-])cc1)Nc1ccc(F)cc1I. The number of nitro groups is 1. The minimum absolute atomic E-state index is 0.0611. The number of non-ortho nitro benzene ring substituents is 1. The lowest BCUT2D eigenvalue weighted by atomic mass is 10.3. The molecule has 6 nitrogen and oxygen atoms in total. The standard InChI is InChI=1S/C13H9FIN3O3/c14-8-1-6-12(11(15)7-8)17-13(19)16-9-2-4-10(5-3-9)18(20)21/h1-7H,(H2,16,17,19). The number of nitro benzene ring substituents is 1. The van der Waals surface area contributed by atoms with Crippen molar-refractivity contribution in [3.8, 4) is 0 Å². The quantitative estimate of drug-likeness (QED) is 0.464. The van der Waals surface area contributed by atoms with Crippen LogP contribution in [0.1, 0.15) is 0 Å². The van der Waals surface area contributed by atoms with Gasteiger partial charge in [0.05, 0.1) is 10.6 Å². The van der Waals surface area contributed by atoms with Gasteiger partial charge in [-0.2, -0.15) is 0 Å². The fraction of sp³-hybridized carbons (Fsp3) is 0. The Hall–Kier alpha value is -2.23. The third-order valence-electron chi connectivity index (χ3n) is 2.52. The zero-order valence-electron chi connectivity index (χ0n) is 10.5. The maximum absolute atomic E-state index is 12.9. The summed E-state index contributed by atoms with van der Waals surface area (Å²) >= 11 is 1.90. The number of nitrogens with zero attached hydrogens (tertiary/aromatic N) is 1. The van der Waals surface area contributed by atoms with Crippen LogP contribution < -0.4 is 10.6 Å². The Kier molecular flexibility index (Phi) is 4.68. The summed E-state index contributed by atoms with van der Waals surface area (Å²) in [5, 5.41) is 15.6. The molecule has 108 valence electrons. The summed E-state index contributed by atoms with van der Waals surface area (Å²) in [6.45, 7) is 0. The number of carbonyl (C=O) groups is 1. The van der Waals surface area contributed by atoms with Gasteiger partial charge in [-0.25, -0.2) is 9.18 Å². The summed E-state index contributed by atoms with van der Waals surface area (Å²) in [5.41, 5.74) is 0.820. The number of anilines is 2. The molecular formula is C13H9FIN3O3. The molecule has 2 amide bonds. The second-order valence-electron chi connectivity index (χ2n) is 4.01. The molecule has 0 fully saturated rings. The monoisotopic (exact) mass is 401 g/mol. The molecule has 2 N–H and O–H groups in total. The van der Waals surface area contributed by atoms with E-state index in [1.807, 2.05) is 22.6 Å². The van der Waals surface area contributed by atoms with E-state index >= 15 is 0 Å². The molecule has 2 rings (SSSR count). The van der Waals surface area contributed by atoms with Crippen molar-refractivity contribution in [1.29, 1.82) is 0 Å². The van der Waals surface area contributed by atoms with Gasteiger partial charge in [-0.1, -0.05) is 0 Å². The molecule has 21 heavy (non-hydrogen) atoms. The lowest BCUT2D eigenvalue weighted by Crippen LogP contribution is -2.20. The van der Waals surface area contributed by atoms with Gasteiger partial charge in [0, 0.05) is 21.4 Å². The number of nitrogens with one attached hydrogen (secondary N) is 2. The van der Waals surface area contributed by atoms with Crippen molar-refractivity contribution in [3.63, 3.8) is 0 Å². The normalized spacial score (nSPS) is 10.0. The predicted octanol–water partition coefficient (Wildman–Crippen LogP) is 3.98. The Morgan fingerprint density at radius 3 is 2.38 bits per heavy atom. The van der Waals surface area contributed by atoms with Crippen LogP contribution in [0.15, 0.2) is 42.5 Å². The molecule has 2 aromatic rings. The van der Waals surface area contributed by atoms with E-state index < -0.39 is 11.0 Å². The fourth-order valence-corrected chi connectivity index (χ4v) is 2.15. The molecule has 0 unspecified atom stereocenters. The van der Waals surface area contributed by atoms with Crippen LogP contribution in [-0.4, -0.2) is 11.0 Å². The largest absolute Gasteiger partial charge is 0.323 e. The third kappa shape index (κ3) is 4.12. The summed E-state index contributed by atoms with van der Waals surface area (Å²) in [7, 11) is 0. The summed E-state index contributed by atoms with van der Waals surface area (Å²) in [6.07, 6.45) is 0. The molecule has 0 aliphatic heterocycles. The summed E-state index contributed by atoms with van der Waals surface area (Å²) < 4.78 is 13.5. The number of halogens is 2. The van der Waals surface area contributed by atoms with E-state index in [-0.39, 0.29) is 11.5 Å². The number of benzene rings is 2. The average Bonchev–Trinajstić information content (AvgIpc) is 2.42. The van der Waals surface area contributed by atoms with Gasteiger partial charge < -0.3 is 10.6 Å². The van der Waals surface area contributed by atoms with E-state index in [0.717, 1.165) is 0 Å². The number of hydrogen-bond donors (Lipinski definition) is 2. The number of amides is 2. The molecule has 0 spiro atoms. The summed E-state index contributed by atoms with van der Waals surface area (Å²) in [6, 6.07) is 8.89. The number of urea groups is 1. The zero-order chi connectivity index (χ0) is 15.4. The summed E-state index contributed by atoms with van der Waals surface area (Å²) in [5.74, 6) is -0.388. The minimum Gasteiger partial charge on any atom is -0.308 e. The van der Waals surface area contributed by atoms with Gasteiger partial charge in [0.2, 0.25) is 0 Å². The van der Waals surface area contributed by atoms with Crippen molar-refractivity contribution >= 4 is 45.7 Å². The van der Waals surface area contributed by atoms with Gasteiger partial charge in [-0.15, -0.1) is 0 Å². The Morgan fingerprint density at radius 1 is 1.14 bits per heavy atom. The lowest BCUT2D eigenvalue weighted by Gasteiger charge is -2.09. The highest BCUT2D eigenvalue weighted by atomic mass is 127. The third-order valence-corrected chi connectivity index (χ3v) is 3.41. The van der Waals surface area contributed by atoms with Crippen LogP contribution in [0.25, 0.3) is 0 Å². The van der Waals surface area contributed by atoms with E-state index in [1.165, 1.54) is 42.5 Å². The Morgan fingerprint density at radius 2 is 1.81 bits per heavy atom. The molecule has 2 aromatic carbocycles. The number of hydrogen-bond acceptors (Lipinski definition) is 3. The number of carbonyl (C=O) groups excluding carboxylic acids is 1. The first-order valence-corrected chi connectivity index (χ1v) is 6.81. The van der Waals surface area contributed by atoms with Crippen LogP contribution in [0.4, 0.5) is 26.2 Å². The first-order valence-electron chi connectivity index (χ1n) is 5.73. The predicted molar refractivity (Wildman–Crippen MR) is 84.9 cm³/mol. The van der Waals surface area contributed by atoms with E-state index in [0.29, 0.717) is 14.9 Å². The smallest absolute Gasteiger partial charge is 0.308 e. The van der Waals surface area contributed by atoms with E-state index in [2.05, 4.69) is 10.6 Å². The van der Waals surface area contributed by atoms with E-state index in [1.54, 1.807) is 0 Å². The van der Waals surface area contributed by atoms with Gasteiger partial charge in [0.1, 0.15) is 5.82 Å². The van der Waals surface area contributed by atoms with Crippen LogP contribution in [0, 0.1) is 19.5 Å². The fourth-order valence-electron chi connectivity index (χ4n) is 1.54. The Balaban J connectivity index is 2.02. The van der Waals surface area contributed by atoms with Crippen molar-refractivity contribution in [1.82, 2.24) is 0 Å². The molecule has 0 atom stereocenters. The molecule has 0 aliphatic rings. The highest BCUT2D eigenvalue weighted by Gasteiger charge is 2.08. The molecule has 0 aliphatic carbocycles. The number of rotatable bonds is 3. The van der Waals surface area contributed by atoms with Gasteiger partial charge in [0.25, 0.3) is 5.69 Å². The second-order valence-corrected chi connectivity index (χ2v) is 5.17. The van der Waals surface area contributed by atoms with Gasteiger partial charge in [-0.05, 0) is 52.9 Å². The molecule has 0 bridgehead atoms. The first kappa shape index (κ1) is 15.2. The van der Waals surface area contributed by atoms with Crippen LogP contribution in [0.2, 0.25) is 0 Å².